The van der Waals surface area contributed by atoms with E-state index in [0.29, 0.717) is 17.1 Å². The molecule has 0 bridgehead atoms. The van der Waals surface area contributed by atoms with Gasteiger partial charge in [0.25, 0.3) is 0 Å². The molecule has 1 saturated carbocycles. The Morgan fingerprint density at radius 1 is 1.11 bits per heavy atom. The maximum absolute atomic E-state index is 12.5. The highest BCUT2D eigenvalue weighted by atomic mass is 16.3. The fraction of sp³-hybridized carbons (Fsp3) is 0.400. The summed E-state index contributed by atoms with van der Waals surface area (Å²) in [7, 11) is 0. The number of carbonyl (C=O) groups excluding carboxylic acids is 2. The Bertz CT molecular complexity index is 754. The van der Waals surface area contributed by atoms with Crippen LogP contribution in [-0.4, -0.2) is 35.1 Å². The number of aliphatic hydroxyl groups is 1. The molecule has 27 heavy (non-hydrogen) atoms. The average Bonchev–Trinajstić information content (AvgIpc) is 3.35. The number of carbonyl (C=O) groups is 2. The van der Waals surface area contributed by atoms with Gasteiger partial charge in [0.05, 0.1) is 19.4 Å². The van der Waals surface area contributed by atoms with E-state index in [1.807, 2.05) is 0 Å². The molecular weight excluding hydrogens is 346 g/mol. The van der Waals surface area contributed by atoms with E-state index in [-0.39, 0.29) is 37.6 Å². The van der Waals surface area contributed by atoms with Crippen LogP contribution in [0.2, 0.25) is 0 Å². The van der Waals surface area contributed by atoms with Gasteiger partial charge in [-0.3, -0.25) is 4.79 Å². The molecule has 1 aliphatic rings. The van der Waals surface area contributed by atoms with Crippen LogP contribution in [0.3, 0.4) is 0 Å². The zero-order chi connectivity index (χ0) is 19.1. The van der Waals surface area contributed by atoms with Gasteiger partial charge in [-0.1, -0.05) is 18.9 Å². The van der Waals surface area contributed by atoms with Crippen molar-refractivity contribution in [2.45, 2.75) is 32.2 Å². The molecule has 0 saturated heterocycles. The van der Waals surface area contributed by atoms with Gasteiger partial charge in [0.1, 0.15) is 5.76 Å². The number of rotatable bonds is 7. The van der Waals surface area contributed by atoms with E-state index in [1.54, 1.807) is 42.7 Å². The lowest BCUT2D eigenvalue weighted by atomic mass is 10.1. The lowest BCUT2D eigenvalue weighted by Crippen LogP contribution is -2.36. The van der Waals surface area contributed by atoms with Crippen LogP contribution in [0.1, 0.15) is 31.4 Å². The third-order valence-corrected chi connectivity index (χ3v) is 4.69. The summed E-state index contributed by atoms with van der Waals surface area (Å²) in [6.07, 6.45) is 5.62. The van der Waals surface area contributed by atoms with E-state index in [0.717, 1.165) is 25.7 Å². The van der Waals surface area contributed by atoms with E-state index in [1.165, 1.54) is 4.90 Å². The third-order valence-electron chi connectivity index (χ3n) is 4.69. The molecule has 1 aromatic heterocycles. The van der Waals surface area contributed by atoms with E-state index in [2.05, 4.69) is 10.6 Å². The minimum atomic E-state index is -0.347. The van der Waals surface area contributed by atoms with Crippen LogP contribution in [0, 0.1) is 5.92 Å². The first-order valence-electron chi connectivity index (χ1n) is 9.26. The Balaban J connectivity index is 1.61. The summed E-state index contributed by atoms with van der Waals surface area (Å²) in [5.41, 5.74) is 1.23. The SMILES string of the molecule is O=C(Nc1cccc(NC(=O)N(CCO)Cc2ccco2)c1)C1CCCC1. The molecule has 0 atom stereocenters. The molecule has 0 spiro atoms. The third kappa shape index (κ3) is 5.34. The standard InChI is InChI=1S/C20H25N3O4/c24-11-10-23(14-18-9-4-12-27-18)20(26)22-17-8-3-7-16(13-17)21-19(25)15-5-1-2-6-15/h3-4,7-9,12-13,15,24H,1-2,5-6,10-11,14H2,(H,21,25)(H,22,26). The van der Waals surface area contributed by atoms with Gasteiger partial charge in [-0.25, -0.2) is 4.79 Å². The number of furan rings is 1. The first-order chi connectivity index (χ1) is 13.2. The van der Waals surface area contributed by atoms with Crippen LogP contribution in [0.5, 0.6) is 0 Å². The van der Waals surface area contributed by atoms with Crippen LogP contribution in [0.4, 0.5) is 16.2 Å². The van der Waals surface area contributed by atoms with Gasteiger partial charge >= 0.3 is 6.03 Å². The fourth-order valence-electron chi connectivity index (χ4n) is 3.27. The molecule has 144 valence electrons. The Hall–Kier alpha value is -2.80. The molecule has 3 N–H and O–H groups in total. The van der Waals surface area contributed by atoms with Crippen LogP contribution < -0.4 is 10.6 Å². The number of aliphatic hydroxyl groups excluding tert-OH is 1. The lowest BCUT2D eigenvalue weighted by molar-refractivity contribution is -0.119. The largest absolute Gasteiger partial charge is 0.467 e. The van der Waals surface area contributed by atoms with E-state index in [9.17, 15) is 14.7 Å². The van der Waals surface area contributed by atoms with Crippen molar-refractivity contribution in [3.63, 3.8) is 0 Å². The summed E-state index contributed by atoms with van der Waals surface area (Å²) < 4.78 is 5.27. The van der Waals surface area contributed by atoms with Crippen LogP contribution in [-0.2, 0) is 11.3 Å². The number of amides is 3. The molecule has 3 amide bonds. The smallest absolute Gasteiger partial charge is 0.322 e. The van der Waals surface area contributed by atoms with Crippen LogP contribution in [0.15, 0.2) is 47.1 Å². The van der Waals surface area contributed by atoms with Crippen molar-refractivity contribution in [1.82, 2.24) is 4.90 Å². The molecule has 2 aromatic rings. The first kappa shape index (κ1) is 19.0. The highest BCUT2D eigenvalue weighted by molar-refractivity contribution is 5.94. The van der Waals surface area contributed by atoms with Gasteiger partial charge in [-0.05, 0) is 43.2 Å². The van der Waals surface area contributed by atoms with Gasteiger partial charge in [0.2, 0.25) is 5.91 Å². The predicted molar refractivity (Wildman–Crippen MR) is 102 cm³/mol. The van der Waals surface area contributed by atoms with Gasteiger partial charge in [0, 0.05) is 23.8 Å². The maximum atomic E-state index is 12.5. The van der Waals surface area contributed by atoms with Crippen molar-refractivity contribution >= 4 is 23.3 Å². The molecule has 3 rings (SSSR count). The summed E-state index contributed by atoms with van der Waals surface area (Å²) in [4.78, 5) is 26.3. The minimum Gasteiger partial charge on any atom is -0.467 e. The molecule has 1 fully saturated rings. The number of nitrogens with one attached hydrogen (secondary N) is 2. The second-order valence-corrected chi connectivity index (χ2v) is 6.71. The quantitative estimate of drug-likeness (QED) is 0.695. The topological polar surface area (TPSA) is 94.8 Å². The summed E-state index contributed by atoms with van der Waals surface area (Å²) >= 11 is 0. The van der Waals surface area contributed by atoms with Crippen molar-refractivity contribution in [3.8, 4) is 0 Å². The minimum absolute atomic E-state index is 0.0377. The van der Waals surface area contributed by atoms with Crippen molar-refractivity contribution in [2.24, 2.45) is 5.92 Å². The fourth-order valence-corrected chi connectivity index (χ4v) is 3.27. The zero-order valence-corrected chi connectivity index (χ0v) is 15.2. The number of hydrogen-bond acceptors (Lipinski definition) is 4. The molecule has 0 unspecified atom stereocenters. The Morgan fingerprint density at radius 2 is 1.85 bits per heavy atom. The predicted octanol–water partition coefficient (Wildman–Crippen LogP) is 3.43. The van der Waals surface area contributed by atoms with E-state index >= 15 is 0 Å². The number of benzene rings is 1. The number of nitrogens with zero attached hydrogens (tertiary/aromatic N) is 1. The molecule has 0 radical (unpaired) electrons. The molecule has 1 aliphatic carbocycles. The second kappa shape index (κ2) is 9.23. The Morgan fingerprint density at radius 3 is 2.52 bits per heavy atom. The zero-order valence-electron chi connectivity index (χ0n) is 15.2. The number of anilines is 2. The summed E-state index contributed by atoms with van der Waals surface area (Å²) in [5, 5.41) is 15.0. The van der Waals surface area contributed by atoms with Crippen molar-refractivity contribution < 1.29 is 19.1 Å². The maximum Gasteiger partial charge on any atom is 0.322 e. The van der Waals surface area contributed by atoms with Gasteiger partial charge in [-0.2, -0.15) is 0 Å². The molecule has 0 aliphatic heterocycles. The number of urea groups is 1. The highest BCUT2D eigenvalue weighted by Crippen LogP contribution is 2.26. The van der Waals surface area contributed by atoms with Gasteiger partial charge < -0.3 is 25.1 Å². The van der Waals surface area contributed by atoms with Crippen LogP contribution >= 0.6 is 0 Å². The van der Waals surface area contributed by atoms with Gasteiger partial charge in [-0.15, -0.1) is 0 Å². The van der Waals surface area contributed by atoms with Gasteiger partial charge in [0.15, 0.2) is 0 Å². The normalized spacial score (nSPS) is 14.1. The molecule has 1 heterocycles. The van der Waals surface area contributed by atoms with E-state index in [4.69, 9.17) is 4.42 Å². The number of hydrogen-bond donors (Lipinski definition) is 3. The van der Waals surface area contributed by atoms with E-state index < -0.39 is 0 Å². The average molecular weight is 371 g/mol. The van der Waals surface area contributed by atoms with Crippen LogP contribution in [0.25, 0.3) is 0 Å². The highest BCUT2D eigenvalue weighted by Gasteiger charge is 2.22. The Labute approximate surface area is 158 Å². The molecule has 1 aromatic carbocycles. The van der Waals surface area contributed by atoms with Crippen molar-refractivity contribution in [3.05, 3.63) is 48.4 Å². The summed E-state index contributed by atoms with van der Waals surface area (Å²) in [6.45, 7) is 0.299. The summed E-state index contributed by atoms with van der Waals surface area (Å²) in [5.74, 6) is 0.753. The molecular formula is C20H25N3O4. The Kier molecular flexibility index (Phi) is 6.49. The molecule has 7 nitrogen and oxygen atoms in total. The van der Waals surface area contributed by atoms with Crippen molar-refractivity contribution in [2.75, 3.05) is 23.8 Å². The lowest BCUT2D eigenvalue weighted by Gasteiger charge is -2.21. The molecule has 7 heteroatoms. The monoisotopic (exact) mass is 371 g/mol. The van der Waals surface area contributed by atoms with Crippen molar-refractivity contribution in [1.29, 1.82) is 0 Å². The second-order valence-electron chi connectivity index (χ2n) is 6.71. The summed E-state index contributed by atoms with van der Waals surface area (Å²) in [6, 6.07) is 10.2. The first-order valence-corrected chi connectivity index (χ1v) is 9.26.